The number of aryl methyl sites for hydroxylation is 1. The number of pyridine rings is 1. The molecule has 162 valence electrons. The molecule has 0 N–H and O–H groups in total. The summed E-state index contributed by atoms with van der Waals surface area (Å²) in [5.41, 5.74) is 1.84. The minimum Gasteiger partial charge on any atom is -0.492 e. The Kier molecular flexibility index (Phi) is 6.47. The van der Waals surface area contributed by atoms with Crippen molar-refractivity contribution in [2.24, 2.45) is 0 Å². The highest BCUT2D eigenvalue weighted by molar-refractivity contribution is 5.90. The van der Waals surface area contributed by atoms with E-state index >= 15 is 0 Å². The van der Waals surface area contributed by atoms with Crippen LogP contribution in [0.4, 0.5) is 0 Å². The maximum absolute atomic E-state index is 12.4. The van der Waals surface area contributed by atoms with E-state index in [1.807, 2.05) is 59.9 Å². The van der Waals surface area contributed by atoms with Crippen molar-refractivity contribution in [1.82, 2.24) is 19.2 Å². The molecule has 0 spiro atoms. The van der Waals surface area contributed by atoms with E-state index in [9.17, 15) is 9.59 Å². The summed E-state index contributed by atoms with van der Waals surface area (Å²) in [6, 6.07) is 15.4. The Morgan fingerprint density at radius 2 is 1.77 bits per heavy atom. The van der Waals surface area contributed by atoms with E-state index in [2.05, 4.69) is 9.88 Å². The van der Waals surface area contributed by atoms with E-state index in [1.165, 1.54) is 0 Å². The largest absolute Gasteiger partial charge is 0.492 e. The van der Waals surface area contributed by atoms with Crippen LogP contribution in [0, 0.1) is 6.92 Å². The lowest BCUT2D eigenvalue weighted by Crippen LogP contribution is -2.50. The zero-order valence-electron chi connectivity index (χ0n) is 17.6. The molecule has 1 amide bonds. The first-order valence-electron chi connectivity index (χ1n) is 10.4. The van der Waals surface area contributed by atoms with Crippen LogP contribution in [-0.4, -0.2) is 77.0 Å². The van der Waals surface area contributed by atoms with Gasteiger partial charge in [0.15, 0.2) is 12.3 Å². The Hall–Kier alpha value is -3.39. The van der Waals surface area contributed by atoms with Gasteiger partial charge < -0.3 is 18.8 Å². The van der Waals surface area contributed by atoms with Crippen molar-refractivity contribution in [2.75, 3.05) is 45.9 Å². The van der Waals surface area contributed by atoms with Crippen molar-refractivity contribution < 1.29 is 19.1 Å². The Bertz CT molecular complexity index is 1040. The molecule has 3 aromatic rings. The highest BCUT2D eigenvalue weighted by atomic mass is 16.5. The molecule has 1 saturated heterocycles. The fourth-order valence-electron chi connectivity index (χ4n) is 3.57. The quantitative estimate of drug-likeness (QED) is 0.543. The van der Waals surface area contributed by atoms with Crippen molar-refractivity contribution in [3.63, 3.8) is 0 Å². The molecule has 31 heavy (non-hydrogen) atoms. The lowest BCUT2D eigenvalue weighted by molar-refractivity contribution is -0.136. The molecule has 1 aliphatic rings. The van der Waals surface area contributed by atoms with Crippen LogP contribution in [0.25, 0.3) is 5.65 Å². The maximum Gasteiger partial charge on any atom is 0.359 e. The zero-order valence-corrected chi connectivity index (χ0v) is 17.6. The minimum absolute atomic E-state index is 0.187. The molecule has 0 unspecified atom stereocenters. The number of amides is 1. The van der Waals surface area contributed by atoms with Gasteiger partial charge in [0, 0.05) is 44.6 Å². The number of piperazine rings is 1. The first-order valence-corrected chi connectivity index (χ1v) is 10.4. The molecule has 4 rings (SSSR count). The highest BCUT2D eigenvalue weighted by Gasteiger charge is 2.22. The second-order valence-corrected chi connectivity index (χ2v) is 7.48. The molecule has 3 heterocycles. The maximum atomic E-state index is 12.4. The average Bonchev–Trinajstić information content (AvgIpc) is 3.24. The lowest BCUT2D eigenvalue weighted by atomic mass is 10.3. The molecule has 1 fully saturated rings. The summed E-state index contributed by atoms with van der Waals surface area (Å²) in [5.74, 6) is 0.0838. The number of carbonyl (C=O) groups is 2. The number of nitrogens with zero attached hydrogens (tertiary/aromatic N) is 4. The fourth-order valence-corrected chi connectivity index (χ4v) is 3.57. The van der Waals surface area contributed by atoms with Crippen LogP contribution in [0.2, 0.25) is 0 Å². The summed E-state index contributed by atoms with van der Waals surface area (Å²) >= 11 is 0. The number of ether oxygens (including phenoxy) is 2. The number of hydrogen-bond donors (Lipinski definition) is 0. The van der Waals surface area contributed by atoms with Crippen LogP contribution in [0.15, 0.2) is 54.7 Å². The third-order valence-electron chi connectivity index (χ3n) is 5.38. The first-order chi connectivity index (χ1) is 15.1. The number of benzene rings is 1. The number of hydrogen-bond acceptors (Lipinski definition) is 6. The van der Waals surface area contributed by atoms with Crippen LogP contribution in [0.3, 0.4) is 0 Å². The van der Waals surface area contributed by atoms with Gasteiger partial charge in [0.25, 0.3) is 5.91 Å². The number of para-hydroxylation sites is 1. The molecule has 0 aliphatic carbocycles. The predicted molar refractivity (Wildman–Crippen MR) is 115 cm³/mol. The van der Waals surface area contributed by atoms with Gasteiger partial charge in [0.1, 0.15) is 18.0 Å². The van der Waals surface area contributed by atoms with Crippen molar-refractivity contribution in [3.05, 3.63) is 66.1 Å². The lowest BCUT2D eigenvalue weighted by Gasteiger charge is -2.34. The van der Waals surface area contributed by atoms with Crippen molar-refractivity contribution in [1.29, 1.82) is 0 Å². The molecular formula is C23H26N4O4. The van der Waals surface area contributed by atoms with E-state index in [4.69, 9.17) is 9.47 Å². The summed E-state index contributed by atoms with van der Waals surface area (Å²) in [6.07, 6.45) is 1.63. The number of imidazole rings is 1. The van der Waals surface area contributed by atoms with E-state index in [0.29, 0.717) is 25.3 Å². The van der Waals surface area contributed by atoms with Crippen molar-refractivity contribution >= 4 is 17.5 Å². The third kappa shape index (κ3) is 5.21. The van der Waals surface area contributed by atoms with Gasteiger partial charge >= 0.3 is 5.97 Å². The summed E-state index contributed by atoms with van der Waals surface area (Å²) in [5, 5.41) is 0. The van der Waals surface area contributed by atoms with Gasteiger partial charge in [-0.3, -0.25) is 9.69 Å². The first kappa shape index (κ1) is 20.9. The number of carbonyl (C=O) groups excluding carboxylic acids is 2. The molecule has 0 radical (unpaired) electrons. The highest BCUT2D eigenvalue weighted by Crippen LogP contribution is 2.11. The van der Waals surface area contributed by atoms with Gasteiger partial charge in [-0.2, -0.15) is 0 Å². The SMILES string of the molecule is Cc1cccc2nc(C(=O)OCC(=O)N3CCN(CCOc4ccccc4)CC3)cn12. The number of fused-ring (bicyclic) bond motifs is 1. The number of aromatic nitrogens is 2. The van der Waals surface area contributed by atoms with Crippen LogP contribution < -0.4 is 4.74 Å². The van der Waals surface area contributed by atoms with Gasteiger partial charge in [-0.1, -0.05) is 24.3 Å². The van der Waals surface area contributed by atoms with Gasteiger partial charge in [-0.15, -0.1) is 0 Å². The van der Waals surface area contributed by atoms with Crippen LogP contribution in [0.5, 0.6) is 5.75 Å². The van der Waals surface area contributed by atoms with Gasteiger partial charge in [-0.25, -0.2) is 9.78 Å². The average molecular weight is 422 g/mol. The van der Waals surface area contributed by atoms with Crippen LogP contribution in [0.1, 0.15) is 16.2 Å². The molecule has 1 aliphatic heterocycles. The molecule has 8 heteroatoms. The smallest absolute Gasteiger partial charge is 0.359 e. The normalized spacial score (nSPS) is 14.5. The summed E-state index contributed by atoms with van der Waals surface area (Å²) < 4.78 is 12.8. The number of rotatable bonds is 7. The van der Waals surface area contributed by atoms with E-state index < -0.39 is 5.97 Å². The van der Waals surface area contributed by atoms with E-state index in [0.717, 1.165) is 31.1 Å². The topological polar surface area (TPSA) is 76.4 Å². The Morgan fingerprint density at radius 1 is 1.00 bits per heavy atom. The minimum atomic E-state index is -0.590. The third-order valence-corrected chi connectivity index (χ3v) is 5.38. The van der Waals surface area contributed by atoms with Crippen molar-refractivity contribution in [3.8, 4) is 5.75 Å². The Morgan fingerprint density at radius 3 is 2.52 bits per heavy atom. The second kappa shape index (κ2) is 9.61. The summed E-state index contributed by atoms with van der Waals surface area (Å²) in [7, 11) is 0. The van der Waals surface area contributed by atoms with Crippen LogP contribution in [-0.2, 0) is 9.53 Å². The van der Waals surface area contributed by atoms with Gasteiger partial charge in [0.2, 0.25) is 0 Å². The van der Waals surface area contributed by atoms with E-state index in [-0.39, 0.29) is 18.2 Å². The summed E-state index contributed by atoms with van der Waals surface area (Å²) in [6.45, 7) is 5.81. The molecular weight excluding hydrogens is 396 g/mol. The molecule has 0 saturated carbocycles. The molecule has 1 aromatic carbocycles. The molecule has 0 bridgehead atoms. The standard InChI is InChI=1S/C23H26N4O4/c1-18-6-5-9-21-24-20(16-27(18)21)23(29)31-17-22(28)26-12-10-25(11-13-26)14-15-30-19-7-3-2-4-8-19/h2-9,16H,10-15,17H2,1H3. The Labute approximate surface area is 181 Å². The summed E-state index contributed by atoms with van der Waals surface area (Å²) in [4.78, 5) is 33.0. The van der Waals surface area contributed by atoms with E-state index in [1.54, 1.807) is 11.1 Å². The van der Waals surface area contributed by atoms with Gasteiger partial charge in [0.05, 0.1) is 0 Å². The molecule has 2 aromatic heterocycles. The fraction of sp³-hybridized carbons (Fsp3) is 0.348. The van der Waals surface area contributed by atoms with Gasteiger partial charge in [-0.05, 0) is 31.2 Å². The number of esters is 1. The predicted octanol–water partition coefficient (Wildman–Crippen LogP) is 2.02. The molecule has 8 nitrogen and oxygen atoms in total. The zero-order chi connectivity index (χ0) is 21.6. The van der Waals surface area contributed by atoms with Crippen molar-refractivity contribution in [2.45, 2.75) is 6.92 Å². The van der Waals surface area contributed by atoms with Crippen LogP contribution >= 0.6 is 0 Å². The molecule has 0 atom stereocenters. The second-order valence-electron chi connectivity index (χ2n) is 7.48. The Balaban J connectivity index is 1.19. The monoisotopic (exact) mass is 422 g/mol.